The fourth-order valence-corrected chi connectivity index (χ4v) is 4.09. The summed E-state index contributed by atoms with van der Waals surface area (Å²) in [6, 6.07) is 7.31. The van der Waals surface area contributed by atoms with E-state index in [1.54, 1.807) is 11.8 Å². The van der Waals surface area contributed by atoms with Crippen LogP contribution in [0.3, 0.4) is 0 Å². The summed E-state index contributed by atoms with van der Waals surface area (Å²) in [6.45, 7) is 3.08. The number of anilines is 1. The van der Waals surface area contributed by atoms with Gasteiger partial charge in [-0.2, -0.15) is 0 Å². The number of hydrogen-bond donors (Lipinski definition) is 0. The fourth-order valence-electron chi connectivity index (χ4n) is 3.50. The summed E-state index contributed by atoms with van der Waals surface area (Å²) in [5, 5.41) is 0.850. The topological polar surface area (TPSA) is 45.2 Å². The zero-order valence-corrected chi connectivity index (χ0v) is 15.3. The van der Waals surface area contributed by atoms with Crippen LogP contribution in [-0.4, -0.2) is 51.3 Å². The van der Waals surface area contributed by atoms with Gasteiger partial charge in [0, 0.05) is 48.6 Å². The Morgan fingerprint density at radius 2 is 2.04 bits per heavy atom. The van der Waals surface area contributed by atoms with E-state index in [4.69, 9.17) is 0 Å². The summed E-state index contributed by atoms with van der Waals surface area (Å²) in [7, 11) is 0. The monoisotopic (exact) mass is 391 g/mol. The first-order valence-corrected chi connectivity index (χ1v) is 9.73. The van der Waals surface area contributed by atoms with Gasteiger partial charge in [0.15, 0.2) is 5.16 Å². The third kappa shape index (κ3) is 3.09. The van der Waals surface area contributed by atoms with Gasteiger partial charge in [-0.3, -0.25) is 9.88 Å². The summed E-state index contributed by atoms with van der Waals surface area (Å²) < 4.78 is 1.03. The van der Waals surface area contributed by atoms with Crippen LogP contribution < -0.4 is 4.90 Å². The Bertz CT molecular complexity index is 683. The van der Waals surface area contributed by atoms with Crippen LogP contribution in [0.1, 0.15) is 12.1 Å². The van der Waals surface area contributed by atoms with Crippen molar-refractivity contribution in [3.05, 3.63) is 40.8 Å². The van der Waals surface area contributed by atoms with Crippen molar-refractivity contribution in [2.75, 3.05) is 24.2 Å². The van der Waals surface area contributed by atoms with E-state index in [-0.39, 0.29) is 0 Å². The van der Waals surface area contributed by atoms with Crippen LogP contribution in [0.15, 0.2) is 40.2 Å². The maximum absolute atomic E-state index is 4.66. The van der Waals surface area contributed by atoms with Gasteiger partial charge in [-0.15, -0.1) is 0 Å². The van der Waals surface area contributed by atoms with E-state index in [1.165, 1.54) is 6.42 Å². The molecule has 0 radical (unpaired) electrons. The third-order valence-electron chi connectivity index (χ3n) is 4.51. The number of fused-ring (bicyclic) bond motifs is 2. The van der Waals surface area contributed by atoms with Crippen LogP contribution >= 0.6 is 27.7 Å². The quantitative estimate of drug-likeness (QED) is 0.589. The molecule has 2 atom stereocenters. The van der Waals surface area contributed by atoms with Crippen LogP contribution in [-0.2, 0) is 6.54 Å². The lowest BCUT2D eigenvalue weighted by Crippen LogP contribution is -2.69. The molecule has 5 heterocycles. The van der Waals surface area contributed by atoms with E-state index in [2.05, 4.69) is 52.8 Å². The summed E-state index contributed by atoms with van der Waals surface area (Å²) in [5.41, 5.74) is 1.13. The van der Waals surface area contributed by atoms with Crippen LogP contribution in [0.2, 0.25) is 0 Å². The minimum absolute atomic E-state index is 0.564. The largest absolute Gasteiger partial charge is 0.348 e. The number of hydrogen-bond acceptors (Lipinski definition) is 6. The molecule has 0 aliphatic carbocycles. The molecule has 5 rings (SSSR count). The molecule has 2 aromatic heterocycles. The Morgan fingerprint density at radius 3 is 2.74 bits per heavy atom. The van der Waals surface area contributed by atoms with Crippen molar-refractivity contribution in [2.45, 2.75) is 30.2 Å². The van der Waals surface area contributed by atoms with E-state index in [9.17, 15) is 0 Å². The number of pyridine rings is 1. The predicted octanol–water partition coefficient (Wildman–Crippen LogP) is 2.82. The molecule has 3 fully saturated rings. The normalized spacial score (nSPS) is 23.7. The van der Waals surface area contributed by atoms with Gasteiger partial charge < -0.3 is 4.90 Å². The number of aromatic nitrogens is 3. The SMILES string of the molecule is CSc1nccc(N2C3CC2CN(Cc2ccc(Br)cn2)C3)n1. The number of rotatable bonds is 4. The predicted molar refractivity (Wildman–Crippen MR) is 95.7 cm³/mol. The number of piperazine rings is 1. The van der Waals surface area contributed by atoms with Crippen LogP contribution in [0.25, 0.3) is 0 Å². The minimum Gasteiger partial charge on any atom is -0.348 e. The molecule has 3 aliphatic heterocycles. The highest BCUT2D eigenvalue weighted by Crippen LogP contribution is 2.36. The van der Waals surface area contributed by atoms with Gasteiger partial charge in [0.2, 0.25) is 0 Å². The van der Waals surface area contributed by atoms with Crippen molar-refractivity contribution in [3.63, 3.8) is 0 Å². The van der Waals surface area contributed by atoms with Gasteiger partial charge in [-0.1, -0.05) is 11.8 Å². The maximum atomic E-state index is 4.66. The van der Waals surface area contributed by atoms with E-state index in [0.29, 0.717) is 12.1 Å². The maximum Gasteiger partial charge on any atom is 0.189 e. The van der Waals surface area contributed by atoms with Crippen molar-refractivity contribution in [2.24, 2.45) is 0 Å². The molecular weight excluding hydrogens is 374 g/mol. The molecule has 5 nitrogen and oxygen atoms in total. The molecule has 0 amide bonds. The van der Waals surface area contributed by atoms with Gasteiger partial charge in [-0.05, 0) is 46.8 Å². The molecule has 23 heavy (non-hydrogen) atoms. The second-order valence-corrected chi connectivity index (χ2v) is 7.70. The first-order valence-electron chi connectivity index (χ1n) is 7.71. The first-order chi connectivity index (χ1) is 11.2. The summed E-state index contributed by atoms with van der Waals surface area (Å²) in [5.74, 6) is 1.08. The van der Waals surface area contributed by atoms with Crippen LogP contribution in [0, 0.1) is 0 Å². The van der Waals surface area contributed by atoms with E-state index >= 15 is 0 Å². The average Bonchev–Trinajstić information content (AvgIpc) is 2.57. The van der Waals surface area contributed by atoms with Gasteiger partial charge >= 0.3 is 0 Å². The zero-order chi connectivity index (χ0) is 15.8. The lowest BCUT2D eigenvalue weighted by Gasteiger charge is -2.57. The molecule has 0 spiro atoms. The second-order valence-electron chi connectivity index (χ2n) is 6.01. The Balaban J connectivity index is 1.42. The smallest absolute Gasteiger partial charge is 0.189 e. The molecule has 0 N–H and O–H groups in total. The fraction of sp³-hybridized carbons (Fsp3) is 0.438. The molecular formula is C16H18BrN5S. The van der Waals surface area contributed by atoms with E-state index < -0.39 is 0 Å². The Labute approximate surface area is 148 Å². The first kappa shape index (κ1) is 15.4. The highest BCUT2D eigenvalue weighted by atomic mass is 79.9. The second kappa shape index (κ2) is 6.37. The molecule has 7 heteroatoms. The van der Waals surface area contributed by atoms with Gasteiger partial charge in [0.25, 0.3) is 0 Å². The van der Waals surface area contributed by atoms with Crippen molar-refractivity contribution >= 4 is 33.5 Å². The lowest BCUT2D eigenvalue weighted by atomic mass is 9.87. The molecule has 2 bridgehead atoms. The van der Waals surface area contributed by atoms with Crippen LogP contribution in [0.5, 0.6) is 0 Å². The molecule has 3 saturated heterocycles. The highest BCUT2D eigenvalue weighted by molar-refractivity contribution is 9.10. The molecule has 0 saturated carbocycles. The van der Waals surface area contributed by atoms with Crippen LogP contribution in [0.4, 0.5) is 5.82 Å². The molecule has 2 aromatic rings. The van der Waals surface area contributed by atoms with Gasteiger partial charge in [0.1, 0.15) is 5.82 Å². The highest BCUT2D eigenvalue weighted by Gasteiger charge is 2.45. The number of nitrogens with zero attached hydrogens (tertiary/aromatic N) is 5. The number of halogens is 1. The van der Waals surface area contributed by atoms with Crippen molar-refractivity contribution in [1.82, 2.24) is 19.9 Å². The Hall–Kier alpha value is -1.18. The molecule has 2 unspecified atom stereocenters. The van der Waals surface area contributed by atoms with Gasteiger partial charge in [-0.25, -0.2) is 9.97 Å². The number of piperidine rings is 1. The Kier molecular flexibility index (Phi) is 4.26. The summed E-state index contributed by atoms with van der Waals surface area (Å²) in [4.78, 5) is 18.4. The standard InChI is InChI=1S/C16H18BrN5S/c1-23-16-18-5-4-15(20-16)22-13-6-14(22)10-21(9-13)8-12-3-2-11(17)7-19-12/h2-5,7,13-14H,6,8-10H2,1H3. The Morgan fingerprint density at radius 1 is 1.22 bits per heavy atom. The van der Waals surface area contributed by atoms with E-state index in [0.717, 1.165) is 40.8 Å². The van der Waals surface area contributed by atoms with Crippen molar-refractivity contribution in [1.29, 1.82) is 0 Å². The van der Waals surface area contributed by atoms with E-state index in [1.807, 2.05) is 24.7 Å². The minimum atomic E-state index is 0.564. The van der Waals surface area contributed by atoms with Gasteiger partial charge in [0.05, 0.1) is 5.69 Å². The zero-order valence-electron chi connectivity index (χ0n) is 12.9. The lowest BCUT2D eigenvalue weighted by molar-refractivity contribution is 0.106. The molecule has 120 valence electrons. The number of thioether (sulfide) groups is 1. The third-order valence-corrected chi connectivity index (χ3v) is 5.54. The summed E-state index contributed by atoms with van der Waals surface area (Å²) in [6.07, 6.45) is 7.02. The molecule has 0 aromatic carbocycles. The summed E-state index contributed by atoms with van der Waals surface area (Å²) >= 11 is 5.03. The van der Waals surface area contributed by atoms with Crippen molar-refractivity contribution < 1.29 is 0 Å². The molecule has 3 aliphatic rings. The van der Waals surface area contributed by atoms with Crippen molar-refractivity contribution in [3.8, 4) is 0 Å². The average molecular weight is 392 g/mol.